The molecule has 1 N–H and O–H groups in total. The Kier molecular flexibility index (Phi) is 5.69. The molecule has 1 aromatic carbocycles. The Morgan fingerprint density at radius 3 is 2.42 bits per heavy atom. The van der Waals surface area contributed by atoms with Crippen LogP contribution in [0.5, 0.6) is 5.75 Å². The maximum absolute atomic E-state index is 12.3. The number of aromatic hydroxyl groups is 1. The van der Waals surface area contributed by atoms with Gasteiger partial charge in [-0.3, -0.25) is 4.57 Å². The highest BCUT2D eigenvalue weighted by atomic mass is 31.2. The van der Waals surface area contributed by atoms with Crippen LogP contribution in [-0.2, 0) is 29.8 Å². The monoisotopic (exact) mass is 288 g/mol. The van der Waals surface area contributed by atoms with Gasteiger partial charge in [-0.15, -0.1) is 0 Å². The highest BCUT2D eigenvalue weighted by molar-refractivity contribution is 7.55. The van der Waals surface area contributed by atoms with E-state index in [1.54, 1.807) is 6.07 Å². The van der Waals surface area contributed by atoms with E-state index in [1.165, 1.54) is 33.5 Å². The molecule has 19 heavy (non-hydrogen) atoms. The molecule has 1 atom stereocenters. The first-order valence-electron chi connectivity index (χ1n) is 5.49. The van der Waals surface area contributed by atoms with Gasteiger partial charge in [0.05, 0.1) is 6.61 Å². The largest absolute Gasteiger partial charge is 0.508 e. The summed E-state index contributed by atoms with van der Waals surface area (Å²) >= 11 is 0. The lowest BCUT2D eigenvalue weighted by Crippen LogP contribution is -2.06. The van der Waals surface area contributed by atoms with Gasteiger partial charge in [0.15, 0.2) is 0 Å². The second-order valence-corrected chi connectivity index (χ2v) is 6.17. The van der Waals surface area contributed by atoms with E-state index < -0.39 is 13.3 Å². The average Bonchev–Trinajstić information content (AvgIpc) is 2.43. The SMILES string of the molecule is COCc1cc(C(C=O)P(=O)(OC)OC)ccc1O. The molecular weight excluding hydrogens is 271 g/mol. The van der Waals surface area contributed by atoms with Crippen molar-refractivity contribution in [2.24, 2.45) is 0 Å². The Balaban J connectivity index is 3.22. The summed E-state index contributed by atoms with van der Waals surface area (Å²) in [6, 6.07) is 4.46. The van der Waals surface area contributed by atoms with Gasteiger partial charge in [-0.1, -0.05) is 6.07 Å². The molecule has 0 amide bonds. The predicted molar refractivity (Wildman–Crippen MR) is 69.2 cm³/mol. The highest BCUT2D eigenvalue weighted by Gasteiger charge is 2.35. The highest BCUT2D eigenvalue weighted by Crippen LogP contribution is 2.59. The number of carbonyl (C=O) groups is 1. The summed E-state index contributed by atoms with van der Waals surface area (Å²) in [5, 5.41) is 9.64. The summed E-state index contributed by atoms with van der Waals surface area (Å²) in [5.74, 6) is 0.0416. The number of ether oxygens (including phenoxy) is 1. The van der Waals surface area contributed by atoms with E-state index in [0.29, 0.717) is 17.4 Å². The van der Waals surface area contributed by atoms with Crippen molar-refractivity contribution in [1.29, 1.82) is 0 Å². The lowest BCUT2D eigenvalue weighted by molar-refractivity contribution is -0.107. The summed E-state index contributed by atoms with van der Waals surface area (Å²) in [5.41, 5.74) is -0.115. The van der Waals surface area contributed by atoms with Crippen LogP contribution in [0.3, 0.4) is 0 Å². The molecule has 0 aliphatic heterocycles. The number of methoxy groups -OCH3 is 1. The van der Waals surface area contributed by atoms with Crippen molar-refractivity contribution in [2.75, 3.05) is 21.3 Å². The number of hydrogen-bond acceptors (Lipinski definition) is 6. The van der Waals surface area contributed by atoms with Gasteiger partial charge in [-0.25, -0.2) is 0 Å². The van der Waals surface area contributed by atoms with E-state index in [1.807, 2.05) is 0 Å². The molecule has 0 saturated heterocycles. The van der Waals surface area contributed by atoms with Crippen molar-refractivity contribution in [3.8, 4) is 5.75 Å². The zero-order valence-electron chi connectivity index (χ0n) is 11.0. The fourth-order valence-electron chi connectivity index (χ4n) is 1.70. The lowest BCUT2D eigenvalue weighted by Gasteiger charge is -2.20. The normalized spacial score (nSPS) is 13.2. The van der Waals surface area contributed by atoms with Crippen LogP contribution < -0.4 is 0 Å². The van der Waals surface area contributed by atoms with Crippen LogP contribution in [0.1, 0.15) is 16.8 Å². The summed E-state index contributed by atoms with van der Waals surface area (Å²) in [4.78, 5) is 11.2. The number of aldehydes is 1. The molecule has 0 bridgehead atoms. The minimum atomic E-state index is -3.56. The number of phenolic OH excluding ortho intramolecular Hbond substituents is 1. The molecule has 1 unspecified atom stereocenters. The van der Waals surface area contributed by atoms with E-state index in [-0.39, 0.29) is 12.4 Å². The fraction of sp³-hybridized carbons (Fsp3) is 0.417. The van der Waals surface area contributed by atoms with Crippen molar-refractivity contribution < 1.29 is 28.3 Å². The standard InChI is InChI=1S/C12H17O6P/c1-16-8-10-6-9(4-5-11(10)14)12(7-13)19(15,17-2)18-3/h4-7,12,14H,8H2,1-3H3. The third-order valence-corrected chi connectivity index (χ3v) is 4.84. The van der Waals surface area contributed by atoms with Crippen molar-refractivity contribution in [3.63, 3.8) is 0 Å². The number of hydrogen-bond donors (Lipinski definition) is 1. The number of carbonyl (C=O) groups excluding carboxylic acids is 1. The second-order valence-electron chi connectivity index (χ2n) is 3.81. The topological polar surface area (TPSA) is 82.1 Å². The minimum Gasteiger partial charge on any atom is -0.508 e. The molecule has 6 nitrogen and oxygen atoms in total. The molecule has 0 radical (unpaired) electrons. The molecule has 0 aliphatic carbocycles. The third kappa shape index (κ3) is 3.42. The predicted octanol–water partition coefficient (Wildman–Crippen LogP) is 2.26. The number of benzene rings is 1. The molecular formula is C12H17O6P. The smallest absolute Gasteiger partial charge is 0.344 e. The summed E-state index contributed by atoms with van der Waals surface area (Å²) in [6.07, 6.45) is 0.511. The zero-order chi connectivity index (χ0) is 14.5. The summed E-state index contributed by atoms with van der Waals surface area (Å²) in [6.45, 7) is 0.176. The maximum atomic E-state index is 12.3. The van der Waals surface area contributed by atoms with E-state index in [2.05, 4.69) is 0 Å². The fourth-order valence-corrected chi connectivity index (χ4v) is 2.98. The van der Waals surface area contributed by atoms with Crippen molar-refractivity contribution in [2.45, 2.75) is 12.3 Å². The molecule has 0 heterocycles. The number of rotatable bonds is 7. The first-order chi connectivity index (χ1) is 9.02. The van der Waals surface area contributed by atoms with Gasteiger partial charge < -0.3 is 23.7 Å². The molecule has 0 spiro atoms. The Labute approximate surface area is 111 Å². The van der Waals surface area contributed by atoms with Crippen LogP contribution in [0, 0.1) is 0 Å². The van der Waals surface area contributed by atoms with Crippen molar-refractivity contribution in [1.82, 2.24) is 0 Å². The van der Waals surface area contributed by atoms with E-state index in [9.17, 15) is 14.5 Å². The molecule has 1 aromatic rings. The third-order valence-electron chi connectivity index (χ3n) is 2.72. The zero-order valence-corrected chi connectivity index (χ0v) is 11.9. The van der Waals surface area contributed by atoms with Crippen LogP contribution in [0.25, 0.3) is 0 Å². The van der Waals surface area contributed by atoms with Gasteiger partial charge >= 0.3 is 7.60 Å². The van der Waals surface area contributed by atoms with Gasteiger partial charge in [-0.05, 0) is 17.7 Å². The van der Waals surface area contributed by atoms with Gasteiger partial charge in [0.2, 0.25) is 0 Å². The Morgan fingerprint density at radius 1 is 1.32 bits per heavy atom. The molecule has 0 fully saturated rings. The van der Waals surface area contributed by atoms with Crippen LogP contribution in [0.15, 0.2) is 18.2 Å². The van der Waals surface area contributed by atoms with E-state index >= 15 is 0 Å². The van der Waals surface area contributed by atoms with Crippen LogP contribution in [0.2, 0.25) is 0 Å². The number of phenols is 1. The Hall–Kier alpha value is -1.20. The Morgan fingerprint density at radius 2 is 1.95 bits per heavy atom. The summed E-state index contributed by atoms with van der Waals surface area (Å²) in [7, 11) is 0.366. The summed E-state index contributed by atoms with van der Waals surface area (Å²) < 4.78 is 26.9. The van der Waals surface area contributed by atoms with Gasteiger partial charge in [-0.2, -0.15) is 0 Å². The van der Waals surface area contributed by atoms with Gasteiger partial charge in [0, 0.05) is 26.9 Å². The molecule has 1 rings (SSSR count). The van der Waals surface area contributed by atoms with Gasteiger partial charge in [0.25, 0.3) is 0 Å². The van der Waals surface area contributed by atoms with E-state index in [4.69, 9.17) is 13.8 Å². The van der Waals surface area contributed by atoms with Crippen LogP contribution >= 0.6 is 7.60 Å². The van der Waals surface area contributed by atoms with E-state index in [0.717, 1.165) is 0 Å². The second kappa shape index (κ2) is 6.82. The molecule has 0 saturated carbocycles. The van der Waals surface area contributed by atoms with Crippen LogP contribution in [0.4, 0.5) is 0 Å². The van der Waals surface area contributed by atoms with Crippen LogP contribution in [-0.4, -0.2) is 32.7 Å². The molecule has 106 valence electrons. The maximum Gasteiger partial charge on any atom is 0.344 e. The van der Waals surface area contributed by atoms with Crippen molar-refractivity contribution >= 4 is 13.9 Å². The molecule has 0 aromatic heterocycles. The molecule has 7 heteroatoms. The Bertz CT molecular complexity index is 479. The lowest BCUT2D eigenvalue weighted by atomic mass is 10.1. The van der Waals surface area contributed by atoms with Gasteiger partial charge in [0.1, 0.15) is 17.7 Å². The average molecular weight is 288 g/mol. The first kappa shape index (κ1) is 15.9. The minimum absolute atomic E-state index is 0.0416. The molecule has 0 aliphatic rings. The first-order valence-corrected chi connectivity index (χ1v) is 7.10. The quantitative estimate of drug-likeness (QED) is 0.612. The van der Waals surface area contributed by atoms with Crippen molar-refractivity contribution in [3.05, 3.63) is 29.3 Å².